The number of anilines is 1. The molecular formula is C11H16BrNS. The summed E-state index contributed by atoms with van der Waals surface area (Å²) in [4.78, 5) is 0. The molecule has 14 heavy (non-hydrogen) atoms. The lowest BCUT2D eigenvalue weighted by Crippen LogP contribution is -1.97. The van der Waals surface area contributed by atoms with Gasteiger partial charge in [0, 0.05) is 21.2 Å². The van der Waals surface area contributed by atoms with Crippen LogP contribution in [0.2, 0.25) is 0 Å². The van der Waals surface area contributed by atoms with Crippen molar-refractivity contribution < 1.29 is 0 Å². The monoisotopic (exact) mass is 273 g/mol. The van der Waals surface area contributed by atoms with E-state index in [0.717, 1.165) is 15.9 Å². The molecule has 1 aromatic carbocycles. The van der Waals surface area contributed by atoms with Gasteiger partial charge in [-0.15, -0.1) is 0 Å². The normalized spacial score (nSPS) is 12.8. The van der Waals surface area contributed by atoms with E-state index in [1.54, 1.807) is 0 Å². The summed E-state index contributed by atoms with van der Waals surface area (Å²) in [5.41, 5.74) is 8.02. The molecule has 0 bridgehead atoms. The second-order valence-electron chi connectivity index (χ2n) is 3.37. The van der Waals surface area contributed by atoms with E-state index in [1.807, 2.05) is 23.9 Å². The van der Waals surface area contributed by atoms with E-state index >= 15 is 0 Å². The standard InChI is InChI=1S/C11H16BrNS/c1-3-8(2)14-7-9-4-5-10(12)6-11(9)13/h4-6,8H,3,7,13H2,1-2H3. The van der Waals surface area contributed by atoms with Crippen LogP contribution in [0.15, 0.2) is 22.7 Å². The second-order valence-corrected chi connectivity index (χ2v) is 5.72. The Bertz CT molecular complexity index is 301. The number of benzene rings is 1. The van der Waals surface area contributed by atoms with Gasteiger partial charge in [0.25, 0.3) is 0 Å². The van der Waals surface area contributed by atoms with Crippen molar-refractivity contribution >= 4 is 33.4 Å². The van der Waals surface area contributed by atoms with Gasteiger partial charge in [-0.25, -0.2) is 0 Å². The molecule has 2 N–H and O–H groups in total. The summed E-state index contributed by atoms with van der Waals surface area (Å²) in [6.45, 7) is 4.46. The Kier molecular flexibility index (Phi) is 4.82. The zero-order valence-corrected chi connectivity index (χ0v) is 11.0. The first-order chi connectivity index (χ1) is 6.63. The Hall–Kier alpha value is -0.150. The maximum atomic E-state index is 5.91. The van der Waals surface area contributed by atoms with Crippen LogP contribution in [0.25, 0.3) is 0 Å². The third-order valence-corrected chi connectivity index (χ3v) is 4.08. The molecule has 0 saturated carbocycles. The van der Waals surface area contributed by atoms with E-state index in [-0.39, 0.29) is 0 Å². The van der Waals surface area contributed by atoms with Gasteiger partial charge in [-0.05, 0) is 24.1 Å². The fraction of sp³-hybridized carbons (Fsp3) is 0.455. The molecule has 1 unspecified atom stereocenters. The van der Waals surface area contributed by atoms with E-state index in [0.29, 0.717) is 5.25 Å². The van der Waals surface area contributed by atoms with Crippen molar-refractivity contribution in [2.75, 3.05) is 5.73 Å². The molecule has 1 rings (SSSR count). The molecule has 0 aliphatic heterocycles. The molecule has 0 aromatic heterocycles. The first-order valence-corrected chi connectivity index (χ1v) is 6.63. The molecule has 0 radical (unpaired) electrons. The van der Waals surface area contributed by atoms with Crippen LogP contribution in [0, 0.1) is 0 Å². The minimum absolute atomic E-state index is 0.707. The number of halogens is 1. The molecule has 0 aliphatic carbocycles. The lowest BCUT2D eigenvalue weighted by Gasteiger charge is -2.10. The lowest BCUT2D eigenvalue weighted by atomic mass is 10.2. The summed E-state index contributed by atoms with van der Waals surface area (Å²) in [5.74, 6) is 1.01. The summed E-state index contributed by atoms with van der Waals surface area (Å²) in [6, 6.07) is 6.10. The van der Waals surface area contributed by atoms with Crippen LogP contribution >= 0.6 is 27.7 Å². The summed E-state index contributed by atoms with van der Waals surface area (Å²) in [7, 11) is 0. The molecule has 78 valence electrons. The number of nitrogen functional groups attached to an aromatic ring is 1. The van der Waals surface area contributed by atoms with Crippen LogP contribution in [-0.4, -0.2) is 5.25 Å². The highest BCUT2D eigenvalue weighted by atomic mass is 79.9. The minimum Gasteiger partial charge on any atom is -0.398 e. The smallest absolute Gasteiger partial charge is 0.0366 e. The van der Waals surface area contributed by atoms with Crippen LogP contribution < -0.4 is 5.73 Å². The Labute approximate surface area is 98.6 Å². The topological polar surface area (TPSA) is 26.0 Å². The minimum atomic E-state index is 0.707. The van der Waals surface area contributed by atoms with Gasteiger partial charge in [0.15, 0.2) is 0 Å². The van der Waals surface area contributed by atoms with E-state index in [9.17, 15) is 0 Å². The van der Waals surface area contributed by atoms with Crippen LogP contribution in [0.4, 0.5) is 5.69 Å². The summed E-state index contributed by atoms with van der Waals surface area (Å²) in [5, 5.41) is 0.707. The van der Waals surface area contributed by atoms with Crippen molar-refractivity contribution in [2.45, 2.75) is 31.3 Å². The average molecular weight is 274 g/mol. The SMILES string of the molecule is CCC(C)SCc1ccc(Br)cc1N. The largest absolute Gasteiger partial charge is 0.398 e. The van der Waals surface area contributed by atoms with Crippen molar-refractivity contribution in [3.8, 4) is 0 Å². The van der Waals surface area contributed by atoms with Gasteiger partial charge < -0.3 is 5.73 Å². The van der Waals surface area contributed by atoms with Gasteiger partial charge >= 0.3 is 0 Å². The molecule has 1 nitrogen and oxygen atoms in total. The summed E-state index contributed by atoms with van der Waals surface area (Å²) >= 11 is 5.36. The first kappa shape index (κ1) is 11.9. The van der Waals surface area contributed by atoms with Crippen LogP contribution in [0.5, 0.6) is 0 Å². The number of thioether (sulfide) groups is 1. The quantitative estimate of drug-likeness (QED) is 0.838. The van der Waals surface area contributed by atoms with Crippen molar-refractivity contribution in [1.82, 2.24) is 0 Å². The maximum Gasteiger partial charge on any atom is 0.0366 e. The fourth-order valence-corrected chi connectivity index (χ4v) is 2.39. The van der Waals surface area contributed by atoms with Crippen molar-refractivity contribution in [3.05, 3.63) is 28.2 Å². The van der Waals surface area contributed by atoms with Gasteiger partial charge in [-0.3, -0.25) is 0 Å². The lowest BCUT2D eigenvalue weighted by molar-refractivity contribution is 0.905. The molecule has 0 fully saturated rings. The highest BCUT2D eigenvalue weighted by Crippen LogP contribution is 2.25. The predicted octanol–water partition coefficient (Wildman–Crippen LogP) is 4.06. The van der Waals surface area contributed by atoms with E-state index in [2.05, 4.69) is 35.8 Å². The molecule has 0 amide bonds. The Morgan fingerprint density at radius 3 is 2.79 bits per heavy atom. The van der Waals surface area contributed by atoms with Crippen molar-refractivity contribution in [2.24, 2.45) is 0 Å². The number of hydrogen-bond donors (Lipinski definition) is 1. The molecule has 1 aromatic rings. The van der Waals surface area contributed by atoms with Crippen LogP contribution in [-0.2, 0) is 5.75 Å². The van der Waals surface area contributed by atoms with Gasteiger partial charge in [-0.2, -0.15) is 11.8 Å². The highest BCUT2D eigenvalue weighted by Gasteiger charge is 2.03. The summed E-state index contributed by atoms with van der Waals surface area (Å²) < 4.78 is 1.05. The Morgan fingerprint density at radius 2 is 2.21 bits per heavy atom. The fourth-order valence-electron chi connectivity index (χ4n) is 1.05. The zero-order chi connectivity index (χ0) is 10.6. The Morgan fingerprint density at radius 1 is 1.50 bits per heavy atom. The maximum absolute atomic E-state index is 5.91. The van der Waals surface area contributed by atoms with E-state index < -0.39 is 0 Å². The van der Waals surface area contributed by atoms with Crippen molar-refractivity contribution in [1.29, 1.82) is 0 Å². The number of nitrogens with two attached hydrogens (primary N) is 1. The van der Waals surface area contributed by atoms with Gasteiger partial charge in [0.05, 0.1) is 0 Å². The molecular weight excluding hydrogens is 258 g/mol. The average Bonchev–Trinajstić information content (AvgIpc) is 2.16. The number of hydrogen-bond acceptors (Lipinski definition) is 2. The van der Waals surface area contributed by atoms with E-state index in [1.165, 1.54) is 12.0 Å². The molecule has 0 spiro atoms. The number of rotatable bonds is 4. The zero-order valence-electron chi connectivity index (χ0n) is 8.59. The predicted molar refractivity (Wildman–Crippen MR) is 69.6 cm³/mol. The molecule has 3 heteroatoms. The highest BCUT2D eigenvalue weighted by molar-refractivity contribution is 9.10. The van der Waals surface area contributed by atoms with Gasteiger partial charge in [-0.1, -0.05) is 35.8 Å². The van der Waals surface area contributed by atoms with Gasteiger partial charge in [0.2, 0.25) is 0 Å². The third kappa shape index (κ3) is 3.54. The van der Waals surface area contributed by atoms with Crippen LogP contribution in [0.1, 0.15) is 25.8 Å². The molecule has 0 saturated heterocycles. The van der Waals surface area contributed by atoms with E-state index in [4.69, 9.17) is 5.73 Å². The first-order valence-electron chi connectivity index (χ1n) is 4.79. The molecule has 0 aliphatic rings. The van der Waals surface area contributed by atoms with Gasteiger partial charge in [0.1, 0.15) is 0 Å². The van der Waals surface area contributed by atoms with Crippen molar-refractivity contribution in [3.63, 3.8) is 0 Å². The second kappa shape index (κ2) is 5.66. The third-order valence-electron chi connectivity index (χ3n) is 2.21. The molecule has 1 atom stereocenters. The molecule has 0 heterocycles. The Balaban J connectivity index is 2.59. The summed E-state index contributed by atoms with van der Waals surface area (Å²) in [6.07, 6.45) is 1.21. The van der Waals surface area contributed by atoms with Crippen LogP contribution in [0.3, 0.4) is 0 Å².